The molecular formula is C16H22FNO3. The highest BCUT2D eigenvalue weighted by Gasteiger charge is 2.30. The molecule has 2 rings (SSSR count). The van der Waals surface area contributed by atoms with Gasteiger partial charge in [-0.3, -0.25) is 4.79 Å². The van der Waals surface area contributed by atoms with Crippen molar-refractivity contribution in [3.05, 3.63) is 30.1 Å². The summed E-state index contributed by atoms with van der Waals surface area (Å²) in [5, 5.41) is 2.83. The topological polar surface area (TPSA) is 47.6 Å². The molecule has 1 aliphatic rings. The average Bonchev–Trinajstić information content (AvgIpc) is 2.93. The summed E-state index contributed by atoms with van der Waals surface area (Å²) < 4.78 is 24.2. The lowest BCUT2D eigenvalue weighted by molar-refractivity contribution is -0.123. The molecule has 1 amide bonds. The van der Waals surface area contributed by atoms with Gasteiger partial charge in [0.05, 0.1) is 6.10 Å². The maximum atomic E-state index is 13.3. The highest BCUT2D eigenvalue weighted by atomic mass is 19.1. The van der Waals surface area contributed by atoms with E-state index in [9.17, 15) is 9.18 Å². The van der Waals surface area contributed by atoms with Crippen molar-refractivity contribution in [2.75, 3.05) is 19.8 Å². The summed E-state index contributed by atoms with van der Waals surface area (Å²) in [4.78, 5) is 11.8. The van der Waals surface area contributed by atoms with Crippen molar-refractivity contribution >= 4 is 5.91 Å². The lowest BCUT2D eigenvalue weighted by Gasteiger charge is -2.22. The molecule has 1 N–H and O–H groups in total. The number of amides is 1. The van der Waals surface area contributed by atoms with Gasteiger partial charge >= 0.3 is 0 Å². The molecule has 1 aliphatic heterocycles. The van der Waals surface area contributed by atoms with E-state index in [-0.39, 0.29) is 24.4 Å². The number of carbonyl (C=O) groups excluding carboxylic acids is 1. The van der Waals surface area contributed by atoms with Crippen LogP contribution in [0.15, 0.2) is 24.3 Å². The van der Waals surface area contributed by atoms with Crippen LogP contribution in [0.5, 0.6) is 5.75 Å². The van der Waals surface area contributed by atoms with Gasteiger partial charge < -0.3 is 14.8 Å². The van der Waals surface area contributed by atoms with Gasteiger partial charge in [0.25, 0.3) is 5.91 Å². The Bertz CT molecular complexity index is 478. The Morgan fingerprint density at radius 3 is 2.95 bits per heavy atom. The van der Waals surface area contributed by atoms with E-state index in [2.05, 4.69) is 19.2 Å². The average molecular weight is 295 g/mol. The van der Waals surface area contributed by atoms with Crippen molar-refractivity contribution in [2.24, 2.45) is 11.8 Å². The third-order valence-electron chi connectivity index (χ3n) is 3.68. The zero-order valence-electron chi connectivity index (χ0n) is 12.5. The van der Waals surface area contributed by atoms with Crippen molar-refractivity contribution in [3.8, 4) is 5.75 Å². The maximum absolute atomic E-state index is 13.3. The molecule has 0 saturated carbocycles. The SMILES string of the molecule is CC(C)C1OCCC1CNC(=O)COc1ccccc1F. The number of nitrogens with one attached hydrogen (secondary N) is 1. The summed E-state index contributed by atoms with van der Waals surface area (Å²) >= 11 is 0. The van der Waals surface area contributed by atoms with Crippen LogP contribution >= 0.6 is 0 Å². The van der Waals surface area contributed by atoms with Gasteiger partial charge in [-0.25, -0.2) is 4.39 Å². The first-order valence-corrected chi connectivity index (χ1v) is 7.33. The Labute approximate surface area is 124 Å². The minimum atomic E-state index is -0.464. The standard InChI is InChI=1S/C16H22FNO3/c1-11(2)16-12(7-8-20-16)9-18-15(19)10-21-14-6-4-3-5-13(14)17/h3-6,11-12,16H,7-10H2,1-2H3,(H,18,19). The van der Waals surface area contributed by atoms with Crippen LogP contribution in [-0.2, 0) is 9.53 Å². The predicted octanol–water partition coefficient (Wildman–Crippen LogP) is 2.38. The molecule has 0 radical (unpaired) electrons. The zero-order chi connectivity index (χ0) is 15.2. The van der Waals surface area contributed by atoms with E-state index >= 15 is 0 Å². The number of hydrogen-bond acceptors (Lipinski definition) is 3. The van der Waals surface area contributed by atoms with E-state index in [1.165, 1.54) is 12.1 Å². The quantitative estimate of drug-likeness (QED) is 0.876. The van der Waals surface area contributed by atoms with Crippen LogP contribution < -0.4 is 10.1 Å². The highest BCUT2D eigenvalue weighted by molar-refractivity contribution is 5.77. The molecule has 21 heavy (non-hydrogen) atoms. The Morgan fingerprint density at radius 2 is 2.24 bits per heavy atom. The second-order valence-electron chi connectivity index (χ2n) is 5.65. The highest BCUT2D eigenvalue weighted by Crippen LogP contribution is 2.26. The van der Waals surface area contributed by atoms with Gasteiger partial charge in [-0.1, -0.05) is 26.0 Å². The van der Waals surface area contributed by atoms with Crippen LogP contribution in [-0.4, -0.2) is 31.8 Å². The van der Waals surface area contributed by atoms with Crippen LogP contribution in [0.1, 0.15) is 20.3 Å². The molecule has 0 aromatic heterocycles. The van der Waals surface area contributed by atoms with Crippen molar-refractivity contribution < 1.29 is 18.7 Å². The minimum absolute atomic E-state index is 0.0944. The van der Waals surface area contributed by atoms with Gasteiger partial charge in [0.15, 0.2) is 18.2 Å². The molecule has 1 saturated heterocycles. The number of carbonyl (C=O) groups is 1. The largest absolute Gasteiger partial charge is 0.481 e. The van der Waals surface area contributed by atoms with Gasteiger partial charge in [-0.05, 0) is 24.5 Å². The number of para-hydroxylation sites is 1. The van der Waals surface area contributed by atoms with E-state index in [0.717, 1.165) is 13.0 Å². The number of benzene rings is 1. The van der Waals surface area contributed by atoms with Crippen molar-refractivity contribution in [3.63, 3.8) is 0 Å². The Morgan fingerprint density at radius 1 is 1.48 bits per heavy atom. The fourth-order valence-electron chi connectivity index (χ4n) is 2.61. The molecule has 4 nitrogen and oxygen atoms in total. The number of ether oxygens (including phenoxy) is 2. The lowest BCUT2D eigenvalue weighted by Crippen LogP contribution is -2.37. The van der Waals surface area contributed by atoms with Gasteiger partial charge in [0, 0.05) is 19.1 Å². The molecule has 2 atom stereocenters. The third kappa shape index (κ3) is 4.43. The van der Waals surface area contributed by atoms with E-state index in [1.807, 2.05) is 0 Å². The molecule has 116 valence electrons. The molecule has 1 aromatic carbocycles. The van der Waals surface area contributed by atoms with Crippen LogP contribution in [0.3, 0.4) is 0 Å². The van der Waals surface area contributed by atoms with Crippen LogP contribution in [0.4, 0.5) is 4.39 Å². The van der Waals surface area contributed by atoms with E-state index in [0.29, 0.717) is 18.4 Å². The second kappa shape index (κ2) is 7.41. The summed E-state index contributed by atoms with van der Waals surface area (Å²) in [6.07, 6.45) is 1.15. The molecular weight excluding hydrogens is 273 g/mol. The summed E-state index contributed by atoms with van der Waals surface area (Å²) in [6.45, 7) is 5.37. The van der Waals surface area contributed by atoms with Gasteiger partial charge in [0.1, 0.15) is 0 Å². The van der Waals surface area contributed by atoms with Crippen molar-refractivity contribution in [2.45, 2.75) is 26.4 Å². The van der Waals surface area contributed by atoms with E-state index in [1.54, 1.807) is 12.1 Å². The molecule has 1 aromatic rings. The Balaban J connectivity index is 1.74. The van der Waals surface area contributed by atoms with E-state index < -0.39 is 5.82 Å². The minimum Gasteiger partial charge on any atom is -0.481 e. The Kier molecular flexibility index (Phi) is 5.56. The number of halogens is 1. The second-order valence-corrected chi connectivity index (χ2v) is 5.65. The first kappa shape index (κ1) is 15.8. The number of hydrogen-bond donors (Lipinski definition) is 1. The zero-order valence-corrected chi connectivity index (χ0v) is 12.5. The van der Waals surface area contributed by atoms with Crippen LogP contribution in [0.2, 0.25) is 0 Å². The molecule has 1 heterocycles. The fourth-order valence-corrected chi connectivity index (χ4v) is 2.61. The van der Waals surface area contributed by atoms with Crippen molar-refractivity contribution in [1.82, 2.24) is 5.32 Å². The smallest absolute Gasteiger partial charge is 0.257 e. The van der Waals surface area contributed by atoms with Crippen molar-refractivity contribution in [1.29, 1.82) is 0 Å². The lowest BCUT2D eigenvalue weighted by atomic mass is 9.93. The monoisotopic (exact) mass is 295 g/mol. The third-order valence-corrected chi connectivity index (χ3v) is 3.68. The summed E-state index contributed by atoms with van der Waals surface area (Å²) in [6, 6.07) is 6.05. The molecule has 0 spiro atoms. The number of rotatable bonds is 6. The predicted molar refractivity (Wildman–Crippen MR) is 77.6 cm³/mol. The molecule has 0 aliphatic carbocycles. The molecule has 2 unspecified atom stereocenters. The molecule has 0 bridgehead atoms. The normalized spacial score (nSPS) is 21.5. The first-order valence-electron chi connectivity index (χ1n) is 7.33. The fraction of sp³-hybridized carbons (Fsp3) is 0.562. The van der Waals surface area contributed by atoms with Crippen LogP contribution in [0, 0.1) is 17.7 Å². The van der Waals surface area contributed by atoms with Gasteiger partial charge in [-0.15, -0.1) is 0 Å². The maximum Gasteiger partial charge on any atom is 0.257 e. The van der Waals surface area contributed by atoms with Crippen LogP contribution in [0.25, 0.3) is 0 Å². The summed E-state index contributed by atoms with van der Waals surface area (Å²) in [5.41, 5.74) is 0. The van der Waals surface area contributed by atoms with Gasteiger partial charge in [0.2, 0.25) is 0 Å². The summed E-state index contributed by atoms with van der Waals surface area (Å²) in [7, 11) is 0. The van der Waals surface area contributed by atoms with Gasteiger partial charge in [-0.2, -0.15) is 0 Å². The molecule has 5 heteroatoms. The summed E-state index contributed by atoms with van der Waals surface area (Å²) in [5.74, 6) is 0.158. The van der Waals surface area contributed by atoms with E-state index in [4.69, 9.17) is 9.47 Å². The molecule has 1 fully saturated rings. The first-order chi connectivity index (χ1) is 10.1. The Hall–Kier alpha value is -1.62.